The van der Waals surface area contributed by atoms with Crippen LogP contribution >= 0.6 is 15.9 Å². The van der Waals surface area contributed by atoms with Crippen LogP contribution in [-0.2, 0) is 12.8 Å². The first kappa shape index (κ1) is 14.3. The number of amides is 1. The van der Waals surface area contributed by atoms with Gasteiger partial charge >= 0.3 is 0 Å². The van der Waals surface area contributed by atoms with Crippen LogP contribution in [0.2, 0.25) is 0 Å². The van der Waals surface area contributed by atoms with Gasteiger partial charge in [-0.3, -0.25) is 4.79 Å². The van der Waals surface area contributed by atoms with Crippen molar-refractivity contribution in [2.75, 3.05) is 6.54 Å². The van der Waals surface area contributed by atoms with Gasteiger partial charge in [0.15, 0.2) is 0 Å². The molecule has 4 heteroatoms. The highest BCUT2D eigenvalue weighted by Crippen LogP contribution is 2.30. The van der Waals surface area contributed by atoms with Gasteiger partial charge in [0.2, 0.25) is 0 Å². The van der Waals surface area contributed by atoms with Crippen LogP contribution in [0.3, 0.4) is 0 Å². The van der Waals surface area contributed by atoms with E-state index in [4.69, 9.17) is 0 Å². The summed E-state index contributed by atoms with van der Waals surface area (Å²) in [7, 11) is 0. The largest absolute Gasteiger partial charge is 0.352 e. The predicted molar refractivity (Wildman–Crippen MR) is 84.3 cm³/mol. The third-order valence-electron chi connectivity index (χ3n) is 3.78. The van der Waals surface area contributed by atoms with Gasteiger partial charge in [-0.2, -0.15) is 0 Å². The average Bonchev–Trinajstić information content (AvgIpc) is 2.50. The summed E-state index contributed by atoms with van der Waals surface area (Å²) in [6.45, 7) is 0.693. The van der Waals surface area contributed by atoms with Gasteiger partial charge < -0.3 is 5.32 Å². The van der Waals surface area contributed by atoms with Crippen molar-refractivity contribution >= 4 is 21.8 Å². The zero-order valence-corrected chi connectivity index (χ0v) is 13.0. The molecule has 1 aliphatic heterocycles. The number of carbonyl (C=O) groups excluding carboxylic acids is 1. The van der Waals surface area contributed by atoms with E-state index in [0.717, 1.165) is 23.1 Å². The van der Waals surface area contributed by atoms with Crippen LogP contribution in [0.5, 0.6) is 0 Å². The third-order valence-corrected chi connectivity index (χ3v) is 4.63. The molecule has 2 aromatic carbocycles. The van der Waals surface area contributed by atoms with Crippen LogP contribution < -0.4 is 5.32 Å². The summed E-state index contributed by atoms with van der Waals surface area (Å²) in [5.41, 5.74) is 3.47. The number of nitrogens with one attached hydrogen (secondary N) is 1. The van der Waals surface area contributed by atoms with E-state index in [1.807, 2.05) is 24.3 Å². The first-order valence-corrected chi connectivity index (χ1v) is 7.85. The van der Waals surface area contributed by atoms with E-state index in [-0.39, 0.29) is 16.6 Å². The van der Waals surface area contributed by atoms with Crippen molar-refractivity contribution in [2.45, 2.75) is 17.7 Å². The fourth-order valence-electron chi connectivity index (χ4n) is 2.60. The van der Waals surface area contributed by atoms with Gasteiger partial charge in [0.05, 0.1) is 0 Å². The lowest BCUT2D eigenvalue weighted by atomic mass is 9.95. The first-order valence-electron chi connectivity index (χ1n) is 6.93. The summed E-state index contributed by atoms with van der Waals surface area (Å²) in [5.74, 6) is -0.221. The molecule has 1 amide bonds. The smallest absolute Gasteiger partial charge is 0.251 e. The molecule has 0 aliphatic carbocycles. The lowest BCUT2D eigenvalue weighted by molar-refractivity contribution is 0.0946. The van der Waals surface area contributed by atoms with Crippen molar-refractivity contribution in [3.8, 4) is 0 Å². The molecule has 2 aromatic rings. The first-order chi connectivity index (χ1) is 10.1. The molecule has 0 fully saturated rings. The molecule has 1 aliphatic rings. The molecule has 0 aromatic heterocycles. The molecule has 1 N–H and O–H groups in total. The van der Waals surface area contributed by atoms with Crippen LogP contribution in [0.15, 0.2) is 42.5 Å². The quantitative estimate of drug-likeness (QED) is 0.841. The van der Waals surface area contributed by atoms with Gasteiger partial charge in [-0.1, -0.05) is 46.3 Å². The van der Waals surface area contributed by atoms with E-state index in [0.29, 0.717) is 18.5 Å². The zero-order valence-electron chi connectivity index (χ0n) is 11.4. The number of carbonyl (C=O) groups is 1. The van der Waals surface area contributed by atoms with Crippen LogP contribution in [0.25, 0.3) is 0 Å². The lowest BCUT2D eigenvalue weighted by Crippen LogP contribution is -2.31. The maximum atomic E-state index is 13.7. The van der Waals surface area contributed by atoms with E-state index in [1.165, 1.54) is 6.07 Å². The van der Waals surface area contributed by atoms with E-state index in [1.54, 1.807) is 12.1 Å². The van der Waals surface area contributed by atoms with Gasteiger partial charge in [0, 0.05) is 16.9 Å². The fourth-order valence-corrected chi connectivity index (χ4v) is 3.23. The highest BCUT2D eigenvalue weighted by atomic mass is 79.9. The lowest BCUT2D eigenvalue weighted by Gasteiger charge is -2.19. The molecular formula is C17H15BrFNO. The predicted octanol–water partition coefficient (Wildman–Crippen LogP) is 3.79. The number of benzene rings is 2. The van der Waals surface area contributed by atoms with Crippen LogP contribution in [0.4, 0.5) is 4.39 Å². The van der Waals surface area contributed by atoms with Gasteiger partial charge in [0.25, 0.3) is 5.91 Å². The minimum atomic E-state index is -0.197. The molecule has 108 valence electrons. The second kappa shape index (κ2) is 5.98. The van der Waals surface area contributed by atoms with Crippen molar-refractivity contribution in [1.82, 2.24) is 5.32 Å². The van der Waals surface area contributed by atoms with Gasteiger partial charge in [-0.05, 0) is 41.7 Å². The minimum absolute atomic E-state index is 0.0190. The van der Waals surface area contributed by atoms with Crippen LogP contribution in [0, 0.1) is 5.82 Å². The molecule has 0 spiro atoms. The molecule has 1 atom stereocenters. The Morgan fingerprint density at radius 3 is 2.86 bits per heavy atom. The number of alkyl halides is 1. The zero-order chi connectivity index (χ0) is 14.8. The summed E-state index contributed by atoms with van der Waals surface area (Å²) in [6, 6.07) is 12.7. The number of hydrogen-bond acceptors (Lipinski definition) is 1. The Morgan fingerprint density at radius 2 is 2.05 bits per heavy atom. The topological polar surface area (TPSA) is 29.1 Å². The SMILES string of the molecule is O=C1NCCc2ccc(C(Br)Cc3ccccc3F)cc21. The molecule has 1 heterocycles. The van der Waals surface area contributed by atoms with Crippen molar-refractivity contribution in [3.63, 3.8) is 0 Å². The maximum Gasteiger partial charge on any atom is 0.251 e. The Balaban J connectivity index is 1.85. The van der Waals surface area contributed by atoms with Crippen molar-refractivity contribution in [2.24, 2.45) is 0 Å². The van der Waals surface area contributed by atoms with E-state index in [9.17, 15) is 9.18 Å². The van der Waals surface area contributed by atoms with E-state index < -0.39 is 0 Å². The normalized spacial score (nSPS) is 15.2. The van der Waals surface area contributed by atoms with Crippen LogP contribution in [0.1, 0.15) is 31.9 Å². The molecule has 3 rings (SSSR count). The third kappa shape index (κ3) is 3.00. The summed E-state index contributed by atoms with van der Waals surface area (Å²) >= 11 is 3.61. The Kier molecular flexibility index (Phi) is 4.06. The monoisotopic (exact) mass is 347 g/mol. The van der Waals surface area contributed by atoms with Gasteiger partial charge in [0.1, 0.15) is 5.82 Å². The molecule has 0 saturated heterocycles. The highest BCUT2D eigenvalue weighted by molar-refractivity contribution is 9.09. The van der Waals surface area contributed by atoms with Crippen molar-refractivity contribution in [1.29, 1.82) is 0 Å². The summed E-state index contributed by atoms with van der Waals surface area (Å²) in [5, 5.41) is 2.85. The molecular weight excluding hydrogens is 333 g/mol. The van der Waals surface area contributed by atoms with Crippen molar-refractivity contribution < 1.29 is 9.18 Å². The molecule has 2 nitrogen and oxygen atoms in total. The number of halogens is 2. The Labute approximate surface area is 131 Å². The highest BCUT2D eigenvalue weighted by Gasteiger charge is 2.19. The summed E-state index contributed by atoms with van der Waals surface area (Å²) in [6.07, 6.45) is 1.41. The van der Waals surface area contributed by atoms with Gasteiger partial charge in [-0.15, -0.1) is 0 Å². The molecule has 0 bridgehead atoms. The average molecular weight is 348 g/mol. The van der Waals surface area contributed by atoms with E-state index in [2.05, 4.69) is 21.2 Å². The van der Waals surface area contributed by atoms with Crippen LogP contribution in [-0.4, -0.2) is 12.5 Å². The summed E-state index contributed by atoms with van der Waals surface area (Å²) in [4.78, 5) is 11.9. The number of hydrogen-bond donors (Lipinski definition) is 1. The summed E-state index contributed by atoms with van der Waals surface area (Å²) < 4.78 is 13.7. The Hall–Kier alpha value is -1.68. The Morgan fingerprint density at radius 1 is 1.24 bits per heavy atom. The number of fused-ring (bicyclic) bond motifs is 1. The second-order valence-electron chi connectivity index (χ2n) is 5.19. The molecule has 1 unspecified atom stereocenters. The molecule has 21 heavy (non-hydrogen) atoms. The molecule has 0 radical (unpaired) electrons. The number of rotatable bonds is 3. The minimum Gasteiger partial charge on any atom is -0.352 e. The second-order valence-corrected chi connectivity index (χ2v) is 6.29. The van der Waals surface area contributed by atoms with Gasteiger partial charge in [-0.25, -0.2) is 4.39 Å². The van der Waals surface area contributed by atoms with E-state index >= 15 is 0 Å². The maximum absolute atomic E-state index is 13.7. The standard InChI is InChI=1S/C17H15BrFNO/c18-15(10-13-3-1-2-4-16(13)19)12-6-5-11-7-8-20-17(21)14(11)9-12/h1-6,9,15H,7-8,10H2,(H,20,21). The fraction of sp³-hybridized carbons (Fsp3) is 0.235. The molecule has 0 saturated carbocycles. The Bertz CT molecular complexity index is 686. The van der Waals surface area contributed by atoms with Crippen molar-refractivity contribution in [3.05, 3.63) is 70.5 Å².